The highest BCUT2D eigenvalue weighted by Crippen LogP contribution is 2.31. The second-order valence-electron chi connectivity index (χ2n) is 6.37. The molecule has 144 valence electrons. The lowest BCUT2D eigenvalue weighted by Crippen LogP contribution is -2.08. The van der Waals surface area contributed by atoms with Crippen LogP contribution in [0.3, 0.4) is 0 Å². The van der Waals surface area contributed by atoms with Gasteiger partial charge in [0.05, 0.1) is 5.69 Å². The van der Waals surface area contributed by atoms with Crippen LogP contribution in [0.15, 0.2) is 18.2 Å². The van der Waals surface area contributed by atoms with Crippen LogP contribution in [0.5, 0.6) is 5.75 Å². The molecule has 5 nitrogen and oxygen atoms in total. The molecule has 0 aliphatic rings. The first-order chi connectivity index (χ1) is 12.3. The zero-order valence-corrected chi connectivity index (χ0v) is 16.0. The summed E-state index contributed by atoms with van der Waals surface area (Å²) in [6, 6.07) is 5.63. The Morgan fingerprint density at radius 1 is 0.760 bits per heavy atom. The van der Waals surface area contributed by atoms with E-state index in [0.717, 1.165) is 63.4 Å². The van der Waals surface area contributed by atoms with E-state index in [1.54, 1.807) is 20.3 Å². The highest BCUT2D eigenvalue weighted by atomic mass is 16.5. The molecule has 1 aromatic rings. The third-order valence-electron chi connectivity index (χ3n) is 4.21. The molecule has 0 saturated carbocycles. The fraction of sp³-hybridized carbons (Fsp3) is 0.700. The minimum Gasteiger partial charge on any atom is -0.506 e. The van der Waals surface area contributed by atoms with Crippen LogP contribution >= 0.6 is 0 Å². The van der Waals surface area contributed by atoms with Gasteiger partial charge in [-0.25, -0.2) is 0 Å². The van der Waals surface area contributed by atoms with Crippen molar-refractivity contribution in [3.05, 3.63) is 18.2 Å². The van der Waals surface area contributed by atoms with E-state index in [2.05, 4.69) is 10.6 Å². The Morgan fingerprint density at radius 2 is 1.32 bits per heavy atom. The summed E-state index contributed by atoms with van der Waals surface area (Å²) in [6.07, 6.45) is 9.21. The second kappa shape index (κ2) is 14.8. The first-order valence-electron chi connectivity index (χ1n) is 9.57. The van der Waals surface area contributed by atoms with Crippen LogP contribution < -0.4 is 10.6 Å². The van der Waals surface area contributed by atoms with E-state index in [-0.39, 0.29) is 0 Å². The molecule has 0 unspecified atom stereocenters. The SMILES string of the molecule is COCCCCCCNc1cccc(O)c1NCCCCCCOC. The standard InChI is InChI=1S/C20H36N2O3/c1-24-16-9-5-3-7-14-21-18-12-11-13-19(23)20(18)22-15-8-4-6-10-17-25-2/h11-13,21-23H,3-10,14-17H2,1-2H3. The number of nitrogens with one attached hydrogen (secondary N) is 2. The molecule has 0 spiro atoms. The third-order valence-corrected chi connectivity index (χ3v) is 4.21. The van der Waals surface area contributed by atoms with Crippen molar-refractivity contribution in [1.82, 2.24) is 0 Å². The summed E-state index contributed by atoms with van der Waals surface area (Å²) in [6.45, 7) is 3.48. The predicted octanol–water partition coefficient (Wildman–Crippen LogP) is 4.63. The molecule has 0 heterocycles. The van der Waals surface area contributed by atoms with E-state index in [1.807, 2.05) is 12.1 Å². The normalized spacial score (nSPS) is 10.8. The van der Waals surface area contributed by atoms with Crippen LogP contribution in [-0.2, 0) is 9.47 Å². The molecule has 0 bridgehead atoms. The van der Waals surface area contributed by atoms with Gasteiger partial charge in [0.2, 0.25) is 0 Å². The summed E-state index contributed by atoms with van der Waals surface area (Å²) in [5.41, 5.74) is 1.80. The van der Waals surface area contributed by atoms with Crippen molar-refractivity contribution < 1.29 is 14.6 Å². The van der Waals surface area contributed by atoms with Crippen molar-refractivity contribution in [1.29, 1.82) is 0 Å². The summed E-state index contributed by atoms with van der Waals surface area (Å²) >= 11 is 0. The number of aromatic hydroxyl groups is 1. The van der Waals surface area contributed by atoms with E-state index in [0.29, 0.717) is 5.75 Å². The average molecular weight is 353 g/mol. The molecule has 0 aliphatic carbocycles. The number of phenolic OH excluding ortho intramolecular Hbond substituents is 1. The zero-order valence-electron chi connectivity index (χ0n) is 16.0. The molecule has 0 fully saturated rings. The van der Waals surface area contributed by atoms with Gasteiger partial charge in [-0.1, -0.05) is 31.7 Å². The van der Waals surface area contributed by atoms with Crippen molar-refractivity contribution in [2.45, 2.75) is 51.4 Å². The number of hydrogen-bond donors (Lipinski definition) is 3. The van der Waals surface area contributed by atoms with E-state index in [9.17, 15) is 5.11 Å². The van der Waals surface area contributed by atoms with Gasteiger partial charge in [-0.05, 0) is 37.8 Å². The Bertz CT molecular complexity index is 441. The Kier molecular flexibility index (Phi) is 12.8. The zero-order chi connectivity index (χ0) is 18.2. The lowest BCUT2D eigenvalue weighted by atomic mass is 10.1. The Balaban J connectivity index is 2.26. The van der Waals surface area contributed by atoms with Crippen molar-refractivity contribution in [2.24, 2.45) is 0 Å². The van der Waals surface area contributed by atoms with Crippen LogP contribution in [0.2, 0.25) is 0 Å². The molecule has 5 heteroatoms. The molecule has 0 saturated heterocycles. The molecule has 0 aliphatic heterocycles. The molecule has 25 heavy (non-hydrogen) atoms. The third kappa shape index (κ3) is 10.2. The van der Waals surface area contributed by atoms with E-state index in [1.165, 1.54) is 25.7 Å². The van der Waals surface area contributed by atoms with Crippen molar-refractivity contribution in [3.8, 4) is 5.75 Å². The quantitative estimate of drug-likeness (QED) is 0.299. The number of methoxy groups -OCH3 is 2. The van der Waals surface area contributed by atoms with Crippen LogP contribution in [0.4, 0.5) is 11.4 Å². The monoisotopic (exact) mass is 352 g/mol. The lowest BCUT2D eigenvalue weighted by molar-refractivity contribution is 0.192. The maximum atomic E-state index is 10.1. The first-order valence-corrected chi connectivity index (χ1v) is 9.57. The number of rotatable bonds is 16. The Labute approximate surface area is 153 Å². The molecule has 1 rings (SSSR count). The second-order valence-corrected chi connectivity index (χ2v) is 6.37. The largest absolute Gasteiger partial charge is 0.506 e. The number of benzene rings is 1. The summed E-state index contributed by atoms with van der Waals surface area (Å²) in [5.74, 6) is 0.310. The van der Waals surface area contributed by atoms with Crippen LogP contribution in [0.1, 0.15) is 51.4 Å². The number of phenols is 1. The summed E-state index contributed by atoms with van der Waals surface area (Å²) in [4.78, 5) is 0. The summed E-state index contributed by atoms with van der Waals surface area (Å²) in [5, 5.41) is 17.0. The summed E-state index contributed by atoms with van der Waals surface area (Å²) < 4.78 is 10.1. The number of ether oxygens (including phenoxy) is 2. The van der Waals surface area contributed by atoms with E-state index in [4.69, 9.17) is 9.47 Å². The maximum Gasteiger partial charge on any atom is 0.140 e. The van der Waals surface area contributed by atoms with E-state index >= 15 is 0 Å². The van der Waals surface area contributed by atoms with Gasteiger partial charge in [-0.15, -0.1) is 0 Å². The van der Waals surface area contributed by atoms with Crippen molar-refractivity contribution >= 4 is 11.4 Å². The van der Waals surface area contributed by atoms with Gasteiger partial charge in [0.1, 0.15) is 11.4 Å². The molecule has 0 amide bonds. The fourth-order valence-electron chi connectivity index (χ4n) is 2.76. The van der Waals surface area contributed by atoms with Crippen LogP contribution in [0, 0.1) is 0 Å². The fourth-order valence-corrected chi connectivity index (χ4v) is 2.76. The highest BCUT2D eigenvalue weighted by Gasteiger charge is 2.06. The number of unbranched alkanes of at least 4 members (excludes halogenated alkanes) is 6. The van der Waals surface area contributed by atoms with Gasteiger partial charge < -0.3 is 25.2 Å². The molecule has 0 atom stereocenters. The van der Waals surface area contributed by atoms with Crippen molar-refractivity contribution in [3.63, 3.8) is 0 Å². The van der Waals surface area contributed by atoms with Gasteiger partial charge in [0.15, 0.2) is 0 Å². The van der Waals surface area contributed by atoms with Gasteiger partial charge >= 0.3 is 0 Å². The predicted molar refractivity (Wildman–Crippen MR) is 106 cm³/mol. The number of para-hydroxylation sites is 1. The smallest absolute Gasteiger partial charge is 0.140 e. The molecular formula is C20H36N2O3. The molecular weight excluding hydrogens is 316 g/mol. The topological polar surface area (TPSA) is 62.8 Å². The average Bonchev–Trinajstić information content (AvgIpc) is 2.62. The number of anilines is 2. The van der Waals surface area contributed by atoms with Gasteiger partial charge in [0, 0.05) is 40.5 Å². The van der Waals surface area contributed by atoms with Gasteiger partial charge in [-0.3, -0.25) is 0 Å². The highest BCUT2D eigenvalue weighted by molar-refractivity contribution is 5.75. The Hall–Kier alpha value is -1.46. The first kappa shape index (κ1) is 21.6. The molecule has 0 aromatic heterocycles. The van der Waals surface area contributed by atoms with Gasteiger partial charge in [-0.2, -0.15) is 0 Å². The summed E-state index contributed by atoms with van der Waals surface area (Å²) in [7, 11) is 3.49. The lowest BCUT2D eigenvalue weighted by Gasteiger charge is -2.15. The van der Waals surface area contributed by atoms with Gasteiger partial charge in [0.25, 0.3) is 0 Å². The minimum absolute atomic E-state index is 0.310. The van der Waals surface area contributed by atoms with E-state index < -0.39 is 0 Å². The molecule has 3 N–H and O–H groups in total. The van der Waals surface area contributed by atoms with Crippen LogP contribution in [0.25, 0.3) is 0 Å². The molecule has 1 aromatic carbocycles. The maximum absolute atomic E-state index is 10.1. The van der Waals surface area contributed by atoms with Crippen molar-refractivity contribution in [2.75, 3.05) is 51.2 Å². The minimum atomic E-state index is 0.310. The Morgan fingerprint density at radius 3 is 1.92 bits per heavy atom. The number of hydrogen-bond acceptors (Lipinski definition) is 5. The molecule has 0 radical (unpaired) electrons. The van der Waals surface area contributed by atoms with Crippen LogP contribution in [-0.4, -0.2) is 45.6 Å².